The van der Waals surface area contributed by atoms with Crippen molar-refractivity contribution in [2.45, 2.75) is 44.9 Å². The van der Waals surface area contributed by atoms with Crippen LogP contribution in [0.1, 0.15) is 61.0 Å². The minimum atomic E-state index is -0.901. The van der Waals surface area contributed by atoms with Gasteiger partial charge in [-0.05, 0) is 55.2 Å². The van der Waals surface area contributed by atoms with Crippen molar-refractivity contribution in [2.75, 3.05) is 0 Å². The van der Waals surface area contributed by atoms with Crippen molar-refractivity contribution in [2.24, 2.45) is 11.7 Å². The molecule has 0 radical (unpaired) electrons. The maximum absolute atomic E-state index is 13.4. The van der Waals surface area contributed by atoms with Gasteiger partial charge >= 0.3 is 0 Å². The minimum absolute atomic E-state index is 0.00403. The Balaban J connectivity index is 0.000000179. The molecule has 2 aromatic heterocycles. The molecule has 1 fully saturated rings. The highest BCUT2D eigenvalue weighted by Crippen LogP contribution is 2.40. The Bertz CT molecular complexity index is 1140. The first-order valence-electron chi connectivity index (χ1n) is 10.2. The van der Waals surface area contributed by atoms with E-state index in [0.29, 0.717) is 11.4 Å². The number of hydrogen-bond acceptors (Lipinski definition) is 3. The molecule has 2 heterocycles. The molecule has 3 aromatic rings. The van der Waals surface area contributed by atoms with Crippen molar-refractivity contribution in [1.82, 2.24) is 9.97 Å². The zero-order chi connectivity index (χ0) is 22.5. The normalized spacial score (nSPS) is 18.3. The zero-order valence-corrected chi connectivity index (χ0v) is 17.9. The number of nitrogens with two attached hydrogens (primary N) is 1. The van der Waals surface area contributed by atoms with Crippen molar-refractivity contribution in [3.63, 3.8) is 0 Å². The number of carbonyl (C=O) groups excluding carboxylic acids is 1. The zero-order valence-electron chi connectivity index (χ0n) is 17.1. The summed E-state index contributed by atoms with van der Waals surface area (Å²) >= 11 is 5.89. The fraction of sp³-hybridized carbons (Fsp3) is 0.348. The maximum atomic E-state index is 13.4. The van der Waals surface area contributed by atoms with Gasteiger partial charge in [-0.1, -0.05) is 31.0 Å². The predicted octanol–water partition coefficient (Wildman–Crippen LogP) is 5.32. The second-order valence-electron chi connectivity index (χ2n) is 7.68. The molecule has 0 aliphatic heterocycles. The summed E-state index contributed by atoms with van der Waals surface area (Å²) in [4.78, 5) is 29.0. The number of H-pyrrole nitrogens is 1. The third kappa shape index (κ3) is 5.10. The number of aromatic nitrogens is 2. The van der Waals surface area contributed by atoms with E-state index in [2.05, 4.69) is 16.9 Å². The van der Waals surface area contributed by atoms with Gasteiger partial charge in [0.1, 0.15) is 5.69 Å². The number of carbonyl (C=O) groups is 1. The van der Waals surface area contributed by atoms with Crippen molar-refractivity contribution < 1.29 is 13.6 Å². The lowest BCUT2D eigenvalue weighted by atomic mass is 9.78. The average molecular weight is 448 g/mol. The van der Waals surface area contributed by atoms with Gasteiger partial charge in [-0.2, -0.15) is 0 Å². The number of hydrogen-bond donors (Lipinski definition) is 2. The fourth-order valence-electron chi connectivity index (χ4n) is 4.05. The molecule has 1 saturated carbocycles. The van der Waals surface area contributed by atoms with Crippen LogP contribution in [-0.4, -0.2) is 15.9 Å². The maximum Gasteiger partial charge on any atom is 0.268 e. The summed E-state index contributed by atoms with van der Waals surface area (Å²) in [5.74, 6) is -1.38. The van der Waals surface area contributed by atoms with Crippen LogP contribution in [0.25, 0.3) is 10.9 Å². The number of primary amides is 1. The SMILES string of the molecule is CCC1CCC(c2ccc(F)c(F)c2Cl)CC1.NC(=O)c1nccc2[nH]ccc(=O)c12. The standard InChI is InChI=1S/C14H17ClF2.C9H7N3O2/c1-2-9-3-5-10(6-4-9)11-7-8-12(16)14(17)13(11)15;10-9(14)8-7-5(1-3-12-8)11-4-2-6(7)13/h7-10H,2-6H2,1H3;1-4H,(H2,10,14)(H,11,13). The molecule has 1 aliphatic rings. The topological polar surface area (TPSA) is 88.8 Å². The van der Waals surface area contributed by atoms with E-state index < -0.39 is 17.5 Å². The van der Waals surface area contributed by atoms with Gasteiger partial charge in [-0.25, -0.2) is 8.78 Å². The molecule has 8 heteroatoms. The van der Waals surface area contributed by atoms with Crippen LogP contribution < -0.4 is 11.2 Å². The molecule has 31 heavy (non-hydrogen) atoms. The molecule has 5 nitrogen and oxygen atoms in total. The summed E-state index contributed by atoms with van der Waals surface area (Å²) in [5, 5.41) is 0.215. The largest absolute Gasteiger partial charge is 0.364 e. The first kappa shape index (κ1) is 22.9. The van der Waals surface area contributed by atoms with Gasteiger partial charge in [0.05, 0.1) is 15.9 Å². The Kier molecular flexibility index (Phi) is 7.38. The number of aromatic amines is 1. The van der Waals surface area contributed by atoms with E-state index in [4.69, 9.17) is 17.3 Å². The Morgan fingerprint density at radius 1 is 1.19 bits per heavy atom. The second-order valence-corrected chi connectivity index (χ2v) is 8.06. The Labute approximate surface area is 183 Å². The first-order chi connectivity index (χ1) is 14.8. The van der Waals surface area contributed by atoms with Gasteiger partial charge < -0.3 is 10.7 Å². The molecule has 4 rings (SSSR count). The molecule has 1 aliphatic carbocycles. The fourth-order valence-corrected chi connectivity index (χ4v) is 4.35. The van der Waals surface area contributed by atoms with E-state index in [0.717, 1.165) is 37.2 Å². The molecular formula is C23H24ClF2N3O2. The van der Waals surface area contributed by atoms with Crippen LogP contribution in [0.15, 0.2) is 41.5 Å². The summed E-state index contributed by atoms with van der Waals surface area (Å²) in [6, 6.07) is 5.76. The number of rotatable bonds is 3. The third-order valence-electron chi connectivity index (χ3n) is 5.83. The van der Waals surface area contributed by atoms with Crippen LogP contribution in [0.5, 0.6) is 0 Å². The highest BCUT2D eigenvalue weighted by Gasteiger charge is 2.24. The minimum Gasteiger partial charge on any atom is -0.364 e. The van der Waals surface area contributed by atoms with Gasteiger partial charge in [-0.3, -0.25) is 14.6 Å². The van der Waals surface area contributed by atoms with E-state index in [1.54, 1.807) is 12.1 Å². The van der Waals surface area contributed by atoms with Gasteiger partial charge in [0, 0.05) is 18.5 Å². The van der Waals surface area contributed by atoms with Gasteiger partial charge in [0.2, 0.25) is 0 Å². The summed E-state index contributed by atoms with van der Waals surface area (Å²) in [6.07, 6.45) is 8.53. The second kappa shape index (κ2) is 10.0. The Morgan fingerprint density at radius 3 is 2.55 bits per heavy atom. The van der Waals surface area contributed by atoms with Crippen molar-refractivity contribution in [3.05, 3.63) is 74.8 Å². The summed E-state index contributed by atoms with van der Waals surface area (Å²) < 4.78 is 26.4. The molecule has 3 N–H and O–H groups in total. The summed E-state index contributed by atoms with van der Waals surface area (Å²) in [5.41, 5.74) is 6.17. The number of nitrogens with one attached hydrogen (secondary N) is 1. The number of fused-ring (bicyclic) bond motifs is 1. The lowest BCUT2D eigenvalue weighted by Crippen LogP contribution is -2.17. The summed E-state index contributed by atoms with van der Waals surface area (Å²) in [7, 11) is 0. The van der Waals surface area contributed by atoms with Crippen LogP contribution in [-0.2, 0) is 0 Å². The number of halogens is 3. The molecule has 0 spiro atoms. The highest BCUT2D eigenvalue weighted by molar-refractivity contribution is 6.31. The number of nitrogens with zero attached hydrogens (tertiary/aromatic N) is 1. The number of amides is 1. The molecule has 1 aromatic carbocycles. The van der Waals surface area contributed by atoms with Crippen LogP contribution >= 0.6 is 11.6 Å². The molecular weight excluding hydrogens is 424 g/mol. The van der Waals surface area contributed by atoms with E-state index in [1.165, 1.54) is 30.9 Å². The van der Waals surface area contributed by atoms with Crippen LogP contribution in [0, 0.1) is 17.6 Å². The molecule has 0 atom stereocenters. The van der Waals surface area contributed by atoms with Crippen LogP contribution in [0.2, 0.25) is 5.02 Å². The van der Waals surface area contributed by atoms with Gasteiger partial charge in [0.15, 0.2) is 17.1 Å². The lowest BCUT2D eigenvalue weighted by Gasteiger charge is -2.28. The van der Waals surface area contributed by atoms with Crippen LogP contribution in [0.4, 0.5) is 8.78 Å². The van der Waals surface area contributed by atoms with Crippen molar-refractivity contribution >= 4 is 28.4 Å². The quantitative estimate of drug-likeness (QED) is 0.532. The van der Waals surface area contributed by atoms with E-state index in [9.17, 15) is 18.4 Å². The van der Waals surface area contributed by atoms with E-state index in [1.807, 2.05) is 0 Å². The van der Waals surface area contributed by atoms with Crippen LogP contribution in [0.3, 0.4) is 0 Å². The Hall–Kier alpha value is -2.80. The Morgan fingerprint density at radius 2 is 1.90 bits per heavy atom. The highest BCUT2D eigenvalue weighted by atomic mass is 35.5. The molecule has 164 valence electrons. The van der Waals surface area contributed by atoms with E-state index >= 15 is 0 Å². The van der Waals surface area contributed by atoms with Crippen molar-refractivity contribution in [1.29, 1.82) is 0 Å². The number of pyridine rings is 2. The third-order valence-corrected chi connectivity index (χ3v) is 6.22. The van der Waals surface area contributed by atoms with Gasteiger partial charge in [0.25, 0.3) is 5.91 Å². The van der Waals surface area contributed by atoms with Gasteiger partial charge in [-0.15, -0.1) is 0 Å². The molecule has 0 unspecified atom stereocenters. The van der Waals surface area contributed by atoms with Crippen molar-refractivity contribution in [3.8, 4) is 0 Å². The van der Waals surface area contributed by atoms with E-state index in [-0.39, 0.29) is 21.5 Å². The number of benzene rings is 1. The average Bonchev–Trinajstić information content (AvgIpc) is 2.78. The lowest BCUT2D eigenvalue weighted by molar-refractivity contribution is 0.0997. The predicted molar refractivity (Wildman–Crippen MR) is 117 cm³/mol. The molecule has 1 amide bonds. The first-order valence-corrected chi connectivity index (χ1v) is 10.6. The molecule has 0 saturated heterocycles. The monoisotopic (exact) mass is 447 g/mol. The smallest absolute Gasteiger partial charge is 0.268 e. The summed E-state index contributed by atoms with van der Waals surface area (Å²) in [6.45, 7) is 2.20. The molecule has 0 bridgehead atoms.